The summed E-state index contributed by atoms with van der Waals surface area (Å²) in [4.78, 5) is 0. The van der Waals surface area contributed by atoms with Gasteiger partial charge in [0.15, 0.2) is 0 Å². The Morgan fingerprint density at radius 2 is 1.15 bits per heavy atom. The topological polar surface area (TPSA) is 49.9 Å². The van der Waals surface area contributed by atoms with Gasteiger partial charge in [0, 0.05) is 17.4 Å². The predicted molar refractivity (Wildman–Crippen MR) is 110 cm³/mol. The van der Waals surface area contributed by atoms with Crippen molar-refractivity contribution < 1.29 is 0 Å². The van der Waals surface area contributed by atoms with Gasteiger partial charge in [-0.3, -0.25) is 5.41 Å². The molecule has 2 atom stereocenters. The number of benzene rings is 3. The second kappa shape index (κ2) is 7.57. The predicted octanol–water partition coefficient (Wildman–Crippen LogP) is 5.58. The van der Waals surface area contributed by atoms with E-state index in [-0.39, 0.29) is 17.7 Å². The van der Waals surface area contributed by atoms with Gasteiger partial charge in [-0.05, 0) is 29.2 Å². The minimum atomic E-state index is 0.139. The quantitative estimate of drug-likeness (QED) is 0.461. The maximum Gasteiger partial charge on any atom is 0.123 e. The van der Waals surface area contributed by atoms with Crippen LogP contribution in [-0.2, 0) is 0 Å². The van der Waals surface area contributed by atoms with Crippen molar-refractivity contribution in [1.29, 1.82) is 5.41 Å². The van der Waals surface area contributed by atoms with Crippen molar-refractivity contribution in [2.45, 2.75) is 32.6 Å². The third kappa shape index (κ3) is 3.55. The van der Waals surface area contributed by atoms with E-state index in [0.717, 1.165) is 16.7 Å². The maximum absolute atomic E-state index is 8.28. The fourth-order valence-corrected chi connectivity index (χ4v) is 3.68. The molecule has 2 nitrogen and oxygen atoms in total. The monoisotopic (exact) mass is 342 g/mol. The fourth-order valence-electron chi connectivity index (χ4n) is 3.68. The van der Waals surface area contributed by atoms with Crippen LogP contribution in [0.5, 0.6) is 0 Å². The van der Waals surface area contributed by atoms with Gasteiger partial charge >= 0.3 is 0 Å². The van der Waals surface area contributed by atoms with Crippen LogP contribution in [0.3, 0.4) is 0 Å². The van der Waals surface area contributed by atoms with Crippen LogP contribution < -0.4 is 5.73 Å². The Bertz CT molecular complexity index is 832. The third-order valence-corrected chi connectivity index (χ3v) is 5.15. The zero-order chi connectivity index (χ0) is 18.7. The summed E-state index contributed by atoms with van der Waals surface area (Å²) < 4.78 is 0. The number of hydrogen-bond acceptors (Lipinski definition) is 1. The Hall–Kier alpha value is -2.87. The normalized spacial score (nSPS) is 13.2. The van der Waals surface area contributed by atoms with Crippen molar-refractivity contribution in [3.05, 3.63) is 106 Å². The Labute approximate surface area is 156 Å². The fraction of sp³-hybridized carbons (Fsp3) is 0.208. The number of aryl methyl sites for hydroxylation is 1. The molecule has 0 aliphatic rings. The van der Waals surface area contributed by atoms with Crippen LogP contribution in [0, 0.1) is 12.3 Å². The largest absolute Gasteiger partial charge is 0.384 e. The second-order valence-electron chi connectivity index (χ2n) is 7.00. The van der Waals surface area contributed by atoms with E-state index in [1.165, 1.54) is 16.7 Å². The van der Waals surface area contributed by atoms with Gasteiger partial charge in [-0.15, -0.1) is 0 Å². The van der Waals surface area contributed by atoms with Crippen LogP contribution in [0.1, 0.15) is 59.1 Å². The number of nitrogens with one attached hydrogen (secondary N) is 1. The highest BCUT2D eigenvalue weighted by Gasteiger charge is 2.22. The Kier molecular flexibility index (Phi) is 5.22. The standard InChI is InChI=1S/C24H26N2/c1-16-14-21(17(2)19-10-6-4-7-11-19)23(24(25)26)22(15-16)18(3)20-12-8-5-9-13-20/h4-15,17-18H,1-3H3,(H3,25,26). The molecule has 3 rings (SSSR count). The summed E-state index contributed by atoms with van der Waals surface area (Å²) in [5.74, 6) is 0.494. The first kappa shape index (κ1) is 17.9. The van der Waals surface area contributed by atoms with Crippen molar-refractivity contribution in [1.82, 2.24) is 0 Å². The molecule has 0 aliphatic heterocycles. The zero-order valence-corrected chi connectivity index (χ0v) is 15.7. The molecule has 0 saturated heterocycles. The van der Waals surface area contributed by atoms with Crippen molar-refractivity contribution >= 4 is 5.84 Å². The van der Waals surface area contributed by atoms with Gasteiger partial charge < -0.3 is 5.73 Å². The van der Waals surface area contributed by atoms with E-state index in [0.29, 0.717) is 0 Å². The lowest BCUT2D eigenvalue weighted by molar-refractivity contribution is 0.876. The summed E-state index contributed by atoms with van der Waals surface area (Å²) >= 11 is 0. The highest BCUT2D eigenvalue weighted by Crippen LogP contribution is 2.35. The summed E-state index contributed by atoms with van der Waals surface area (Å²) in [6.07, 6.45) is 0. The number of rotatable bonds is 5. The molecule has 26 heavy (non-hydrogen) atoms. The highest BCUT2D eigenvalue weighted by molar-refractivity contribution is 5.98. The molecule has 0 amide bonds. The van der Waals surface area contributed by atoms with Crippen LogP contribution in [0.2, 0.25) is 0 Å². The van der Waals surface area contributed by atoms with E-state index in [1.807, 2.05) is 12.1 Å². The zero-order valence-electron chi connectivity index (χ0n) is 15.7. The number of nitrogen functional groups attached to an aromatic ring is 1. The maximum atomic E-state index is 8.28. The van der Waals surface area contributed by atoms with Gasteiger partial charge in [0.1, 0.15) is 5.84 Å². The minimum absolute atomic E-state index is 0.139. The molecular weight excluding hydrogens is 316 g/mol. The summed E-state index contributed by atoms with van der Waals surface area (Å²) in [6, 6.07) is 25.2. The second-order valence-corrected chi connectivity index (χ2v) is 7.00. The summed E-state index contributed by atoms with van der Waals surface area (Å²) in [5.41, 5.74) is 12.9. The van der Waals surface area contributed by atoms with E-state index < -0.39 is 0 Å². The molecule has 3 aromatic carbocycles. The lowest BCUT2D eigenvalue weighted by Gasteiger charge is -2.24. The van der Waals surface area contributed by atoms with E-state index in [4.69, 9.17) is 11.1 Å². The molecule has 0 saturated carbocycles. The Morgan fingerprint density at radius 3 is 1.50 bits per heavy atom. The molecule has 2 heteroatoms. The summed E-state index contributed by atoms with van der Waals surface area (Å²) in [5, 5.41) is 8.28. The molecule has 0 spiro atoms. The average molecular weight is 342 g/mol. The lowest BCUT2D eigenvalue weighted by atomic mass is 9.81. The molecule has 0 bridgehead atoms. The molecule has 3 aromatic rings. The van der Waals surface area contributed by atoms with E-state index in [1.54, 1.807) is 0 Å². The molecule has 0 aromatic heterocycles. The van der Waals surface area contributed by atoms with Crippen molar-refractivity contribution in [2.24, 2.45) is 5.73 Å². The average Bonchev–Trinajstić information content (AvgIpc) is 2.67. The van der Waals surface area contributed by atoms with Gasteiger partial charge in [0.2, 0.25) is 0 Å². The van der Waals surface area contributed by atoms with E-state index >= 15 is 0 Å². The molecule has 0 heterocycles. The highest BCUT2D eigenvalue weighted by atomic mass is 14.7. The van der Waals surface area contributed by atoms with Crippen molar-refractivity contribution in [3.8, 4) is 0 Å². The summed E-state index contributed by atoms with van der Waals surface area (Å²) in [6.45, 7) is 6.49. The smallest absolute Gasteiger partial charge is 0.123 e. The number of amidine groups is 1. The molecule has 2 unspecified atom stereocenters. The van der Waals surface area contributed by atoms with Crippen LogP contribution in [0.25, 0.3) is 0 Å². The van der Waals surface area contributed by atoms with E-state index in [2.05, 4.69) is 81.4 Å². The van der Waals surface area contributed by atoms with Gasteiger partial charge in [0.05, 0.1) is 0 Å². The van der Waals surface area contributed by atoms with Crippen LogP contribution >= 0.6 is 0 Å². The molecular formula is C24H26N2. The first-order chi connectivity index (χ1) is 12.5. The molecule has 0 fully saturated rings. The SMILES string of the molecule is Cc1cc(C(C)c2ccccc2)c(C(=N)N)c(C(C)c2ccccc2)c1. The third-order valence-electron chi connectivity index (χ3n) is 5.15. The number of hydrogen-bond donors (Lipinski definition) is 2. The first-order valence-electron chi connectivity index (χ1n) is 9.07. The van der Waals surface area contributed by atoms with Crippen molar-refractivity contribution in [2.75, 3.05) is 0 Å². The lowest BCUT2D eigenvalue weighted by Crippen LogP contribution is -2.20. The molecule has 0 aliphatic carbocycles. The molecule has 132 valence electrons. The van der Waals surface area contributed by atoms with E-state index in [9.17, 15) is 0 Å². The van der Waals surface area contributed by atoms with Gasteiger partial charge in [-0.1, -0.05) is 92.2 Å². The van der Waals surface area contributed by atoms with Gasteiger partial charge in [-0.25, -0.2) is 0 Å². The molecule has 3 N–H and O–H groups in total. The minimum Gasteiger partial charge on any atom is -0.384 e. The Balaban J connectivity index is 2.17. The van der Waals surface area contributed by atoms with Crippen molar-refractivity contribution in [3.63, 3.8) is 0 Å². The summed E-state index contributed by atoms with van der Waals surface area (Å²) in [7, 11) is 0. The first-order valence-corrected chi connectivity index (χ1v) is 9.07. The Morgan fingerprint density at radius 1 is 0.769 bits per heavy atom. The number of nitrogens with two attached hydrogens (primary N) is 1. The van der Waals surface area contributed by atoms with Gasteiger partial charge in [-0.2, -0.15) is 0 Å². The van der Waals surface area contributed by atoms with Crippen LogP contribution in [0.15, 0.2) is 72.8 Å². The van der Waals surface area contributed by atoms with Crippen LogP contribution in [-0.4, -0.2) is 5.84 Å². The van der Waals surface area contributed by atoms with Gasteiger partial charge in [0.25, 0.3) is 0 Å². The van der Waals surface area contributed by atoms with Crippen LogP contribution in [0.4, 0.5) is 0 Å². The molecule has 0 radical (unpaired) electrons.